The Morgan fingerprint density at radius 2 is 1.46 bits per heavy atom. The molecule has 2 aliphatic heterocycles. The van der Waals surface area contributed by atoms with E-state index in [1.54, 1.807) is 23.1 Å². The molecular weight excluding hydrogens is 374 g/mol. The van der Waals surface area contributed by atoms with Gasteiger partial charge in [0.25, 0.3) is 5.91 Å². The number of nitrogens with zero attached hydrogens (tertiary/aromatic N) is 3. The second kappa shape index (κ2) is 7.93. The number of carbonyl (C=O) groups excluding carboxylic acids is 1. The maximum Gasteiger partial charge on any atom is 0.253 e. The molecule has 0 bridgehead atoms. The molecule has 0 aliphatic carbocycles. The van der Waals surface area contributed by atoms with E-state index in [0.717, 1.165) is 31.6 Å². The summed E-state index contributed by atoms with van der Waals surface area (Å²) in [5.74, 6) is -0.0801. The van der Waals surface area contributed by atoms with Crippen LogP contribution in [0.25, 0.3) is 0 Å². The number of amides is 1. The third kappa shape index (κ3) is 3.77. The summed E-state index contributed by atoms with van der Waals surface area (Å²) in [6, 6.07) is 16.5. The second-order valence-electron chi connectivity index (χ2n) is 7.25. The highest BCUT2D eigenvalue weighted by molar-refractivity contribution is 7.89. The largest absolute Gasteiger partial charge is 0.369 e. The molecule has 2 aromatic rings. The molecule has 0 unspecified atom stereocenters. The van der Waals surface area contributed by atoms with Crippen molar-refractivity contribution < 1.29 is 13.2 Å². The maximum atomic E-state index is 13.1. The molecule has 0 radical (unpaired) electrons. The summed E-state index contributed by atoms with van der Waals surface area (Å²) in [6.45, 7) is 3.66. The summed E-state index contributed by atoms with van der Waals surface area (Å²) in [7, 11) is -3.61. The normalized spacial score (nSPS) is 18.4. The van der Waals surface area contributed by atoms with Gasteiger partial charge in [0.05, 0.1) is 4.90 Å². The lowest BCUT2D eigenvalue weighted by Crippen LogP contribution is -2.48. The maximum absolute atomic E-state index is 13.1. The van der Waals surface area contributed by atoms with Gasteiger partial charge in [0, 0.05) is 50.5 Å². The summed E-state index contributed by atoms with van der Waals surface area (Å²) in [4.78, 5) is 16.8. The fourth-order valence-corrected chi connectivity index (χ4v) is 5.34. The Balaban J connectivity index is 1.48. The minimum atomic E-state index is -3.61. The van der Waals surface area contributed by atoms with Crippen molar-refractivity contribution in [2.24, 2.45) is 0 Å². The molecule has 0 aromatic heterocycles. The van der Waals surface area contributed by atoms with Gasteiger partial charge in [0.1, 0.15) is 0 Å². The van der Waals surface area contributed by atoms with Crippen LogP contribution in [0.15, 0.2) is 59.5 Å². The second-order valence-corrected chi connectivity index (χ2v) is 9.19. The number of hydrogen-bond donors (Lipinski definition) is 0. The zero-order valence-electron chi connectivity index (χ0n) is 15.8. The third-order valence-electron chi connectivity index (χ3n) is 5.47. The lowest BCUT2D eigenvalue weighted by molar-refractivity contribution is 0.0792. The molecule has 148 valence electrons. The highest BCUT2D eigenvalue weighted by Crippen LogP contribution is 2.22. The first-order chi connectivity index (χ1) is 13.6. The van der Waals surface area contributed by atoms with Crippen LogP contribution in [-0.4, -0.2) is 62.8 Å². The van der Waals surface area contributed by atoms with Gasteiger partial charge in [-0.15, -0.1) is 0 Å². The SMILES string of the molecule is O=C(c1cccc(S(=O)(=O)N2CCN(c3ccccc3)CC2)c1)N1CCCC1. The molecule has 0 N–H and O–H groups in total. The Morgan fingerprint density at radius 1 is 0.786 bits per heavy atom. The first-order valence-corrected chi connectivity index (χ1v) is 11.2. The lowest BCUT2D eigenvalue weighted by atomic mass is 10.2. The van der Waals surface area contributed by atoms with E-state index in [4.69, 9.17) is 0 Å². The van der Waals surface area contributed by atoms with Crippen LogP contribution >= 0.6 is 0 Å². The van der Waals surface area contributed by atoms with E-state index in [1.165, 1.54) is 10.4 Å². The summed E-state index contributed by atoms with van der Waals surface area (Å²) >= 11 is 0. The topological polar surface area (TPSA) is 60.9 Å². The molecule has 28 heavy (non-hydrogen) atoms. The standard InChI is InChI=1S/C21H25N3O3S/c25-21(23-11-4-5-12-23)18-7-6-10-20(17-18)28(26,27)24-15-13-22(14-16-24)19-8-2-1-3-9-19/h1-3,6-10,17H,4-5,11-16H2. The van der Waals surface area contributed by atoms with Gasteiger partial charge in [-0.25, -0.2) is 8.42 Å². The third-order valence-corrected chi connectivity index (χ3v) is 7.37. The number of hydrogen-bond acceptors (Lipinski definition) is 4. The number of para-hydroxylation sites is 1. The Labute approximate surface area is 166 Å². The number of rotatable bonds is 4. The van der Waals surface area contributed by atoms with Crippen LogP contribution < -0.4 is 4.90 Å². The van der Waals surface area contributed by atoms with Crippen molar-refractivity contribution in [1.82, 2.24) is 9.21 Å². The molecule has 4 rings (SSSR count). The average Bonchev–Trinajstić information content (AvgIpc) is 3.29. The van der Waals surface area contributed by atoms with Crippen LogP contribution in [0.3, 0.4) is 0 Å². The number of benzene rings is 2. The number of carbonyl (C=O) groups is 1. The first kappa shape index (κ1) is 19.0. The van der Waals surface area contributed by atoms with E-state index in [0.29, 0.717) is 31.7 Å². The van der Waals surface area contributed by atoms with E-state index in [-0.39, 0.29) is 10.8 Å². The molecule has 0 saturated carbocycles. The van der Waals surface area contributed by atoms with Crippen molar-refractivity contribution >= 4 is 21.6 Å². The van der Waals surface area contributed by atoms with Gasteiger partial charge in [-0.2, -0.15) is 4.31 Å². The quantitative estimate of drug-likeness (QED) is 0.792. The summed E-state index contributed by atoms with van der Waals surface area (Å²) < 4.78 is 27.7. The van der Waals surface area contributed by atoms with Gasteiger partial charge in [-0.3, -0.25) is 4.79 Å². The predicted octanol–water partition coefficient (Wildman–Crippen LogP) is 2.43. The van der Waals surface area contributed by atoms with Crippen molar-refractivity contribution in [2.45, 2.75) is 17.7 Å². The van der Waals surface area contributed by atoms with Gasteiger partial charge in [-0.1, -0.05) is 24.3 Å². The lowest BCUT2D eigenvalue weighted by Gasteiger charge is -2.35. The van der Waals surface area contributed by atoms with Crippen LogP contribution in [0.5, 0.6) is 0 Å². The van der Waals surface area contributed by atoms with Crippen LogP contribution in [-0.2, 0) is 10.0 Å². The monoisotopic (exact) mass is 399 g/mol. The van der Waals surface area contributed by atoms with Crippen LogP contribution in [0.2, 0.25) is 0 Å². The Kier molecular flexibility index (Phi) is 5.37. The number of anilines is 1. The van der Waals surface area contributed by atoms with E-state index >= 15 is 0 Å². The van der Waals surface area contributed by atoms with E-state index in [1.807, 2.05) is 30.3 Å². The molecule has 2 aromatic carbocycles. The van der Waals surface area contributed by atoms with Crippen LogP contribution in [0.4, 0.5) is 5.69 Å². The molecular formula is C21H25N3O3S. The van der Waals surface area contributed by atoms with Crippen molar-refractivity contribution in [1.29, 1.82) is 0 Å². The van der Waals surface area contributed by atoms with Gasteiger partial charge in [-0.05, 0) is 43.2 Å². The van der Waals surface area contributed by atoms with Gasteiger partial charge < -0.3 is 9.80 Å². The van der Waals surface area contributed by atoms with Crippen molar-refractivity contribution in [3.05, 3.63) is 60.2 Å². The number of likely N-dealkylation sites (tertiary alicyclic amines) is 1. The van der Waals surface area contributed by atoms with Gasteiger partial charge >= 0.3 is 0 Å². The molecule has 2 heterocycles. The Morgan fingerprint density at radius 3 is 2.14 bits per heavy atom. The number of sulfonamides is 1. The molecule has 2 saturated heterocycles. The summed E-state index contributed by atoms with van der Waals surface area (Å²) in [5.41, 5.74) is 1.56. The molecule has 2 aliphatic rings. The highest BCUT2D eigenvalue weighted by atomic mass is 32.2. The predicted molar refractivity (Wildman–Crippen MR) is 109 cm³/mol. The van der Waals surface area contributed by atoms with Crippen molar-refractivity contribution in [3.8, 4) is 0 Å². The Bertz CT molecular complexity index is 932. The first-order valence-electron chi connectivity index (χ1n) is 9.75. The van der Waals surface area contributed by atoms with Gasteiger partial charge in [0.15, 0.2) is 0 Å². The van der Waals surface area contributed by atoms with E-state index < -0.39 is 10.0 Å². The minimum absolute atomic E-state index is 0.0801. The minimum Gasteiger partial charge on any atom is -0.369 e. The molecule has 0 atom stereocenters. The molecule has 1 amide bonds. The molecule has 7 heteroatoms. The summed E-state index contributed by atoms with van der Waals surface area (Å²) in [5, 5.41) is 0. The fraction of sp³-hybridized carbons (Fsp3) is 0.381. The summed E-state index contributed by atoms with van der Waals surface area (Å²) in [6.07, 6.45) is 2.02. The zero-order valence-corrected chi connectivity index (χ0v) is 16.6. The van der Waals surface area contributed by atoms with Crippen molar-refractivity contribution in [3.63, 3.8) is 0 Å². The smallest absolute Gasteiger partial charge is 0.253 e. The van der Waals surface area contributed by atoms with E-state index in [9.17, 15) is 13.2 Å². The fourth-order valence-electron chi connectivity index (χ4n) is 3.87. The highest BCUT2D eigenvalue weighted by Gasteiger charge is 2.29. The zero-order chi connectivity index (χ0) is 19.6. The molecule has 0 spiro atoms. The molecule has 6 nitrogen and oxygen atoms in total. The van der Waals surface area contributed by atoms with Crippen molar-refractivity contribution in [2.75, 3.05) is 44.2 Å². The van der Waals surface area contributed by atoms with Crippen LogP contribution in [0, 0.1) is 0 Å². The molecule has 2 fully saturated rings. The van der Waals surface area contributed by atoms with Crippen LogP contribution in [0.1, 0.15) is 23.2 Å². The van der Waals surface area contributed by atoms with E-state index in [2.05, 4.69) is 4.90 Å². The van der Waals surface area contributed by atoms with Gasteiger partial charge in [0.2, 0.25) is 10.0 Å². The average molecular weight is 400 g/mol. The Hall–Kier alpha value is -2.38. The number of piperazine rings is 1.